The molecule has 3 rings (SSSR count). The molecule has 1 aromatic heterocycles. The standard InChI is InChI=1S/C24H36N6O2/c1-3-26-24(28-21-10-12-30(13-11-21)18-23(25)31)27-15-19-7-4-5-8-20(19)16-29(2)17-22-9-6-14-32-22/h4-9,14,21H,3,10-13,15-18H2,1-2H3,(H2,25,31)(H2,26,27,28). The fourth-order valence-corrected chi connectivity index (χ4v) is 4.01. The summed E-state index contributed by atoms with van der Waals surface area (Å²) < 4.78 is 5.47. The lowest BCUT2D eigenvalue weighted by molar-refractivity contribution is -0.119. The third-order valence-corrected chi connectivity index (χ3v) is 5.62. The van der Waals surface area contributed by atoms with E-state index >= 15 is 0 Å². The molecule has 1 aliphatic heterocycles. The van der Waals surface area contributed by atoms with E-state index in [-0.39, 0.29) is 5.91 Å². The Hall–Kier alpha value is -2.84. The molecule has 0 aliphatic carbocycles. The molecule has 1 amide bonds. The molecule has 1 fully saturated rings. The van der Waals surface area contributed by atoms with Crippen LogP contribution < -0.4 is 16.4 Å². The van der Waals surface area contributed by atoms with Gasteiger partial charge in [0.25, 0.3) is 0 Å². The minimum atomic E-state index is -0.264. The molecule has 1 aromatic carbocycles. The van der Waals surface area contributed by atoms with Crippen LogP contribution in [0.15, 0.2) is 52.1 Å². The van der Waals surface area contributed by atoms with Gasteiger partial charge in [0.1, 0.15) is 5.76 Å². The van der Waals surface area contributed by atoms with Crippen molar-refractivity contribution >= 4 is 11.9 Å². The Kier molecular flexibility index (Phi) is 9.13. The lowest BCUT2D eigenvalue weighted by Gasteiger charge is -2.32. The third-order valence-electron chi connectivity index (χ3n) is 5.62. The number of carbonyl (C=O) groups is 1. The van der Waals surface area contributed by atoms with Crippen LogP contribution in [0.4, 0.5) is 0 Å². The molecule has 174 valence electrons. The first kappa shape index (κ1) is 23.8. The summed E-state index contributed by atoms with van der Waals surface area (Å²) in [5, 5.41) is 6.93. The number of likely N-dealkylation sites (tertiary alicyclic amines) is 1. The van der Waals surface area contributed by atoms with Gasteiger partial charge in [-0.15, -0.1) is 0 Å². The average Bonchev–Trinajstić information content (AvgIpc) is 3.27. The smallest absolute Gasteiger partial charge is 0.231 e. The number of rotatable bonds is 10. The number of nitrogens with one attached hydrogen (secondary N) is 2. The molecule has 1 saturated heterocycles. The number of nitrogens with zero attached hydrogens (tertiary/aromatic N) is 3. The summed E-state index contributed by atoms with van der Waals surface area (Å²) in [7, 11) is 2.10. The second-order valence-electron chi connectivity index (χ2n) is 8.38. The van der Waals surface area contributed by atoms with Gasteiger partial charge >= 0.3 is 0 Å². The van der Waals surface area contributed by atoms with Crippen molar-refractivity contribution in [1.82, 2.24) is 20.4 Å². The first-order valence-corrected chi connectivity index (χ1v) is 11.4. The first-order chi connectivity index (χ1) is 15.5. The summed E-state index contributed by atoms with van der Waals surface area (Å²) in [5.41, 5.74) is 7.80. The van der Waals surface area contributed by atoms with E-state index in [2.05, 4.69) is 58.7 Å². The van der Waals surface area contributed by atoms with Gasteiger partial charge in [-0.25, -0.2) is 4.99 Å². The topological polar surface area (TPSA) is 99.1 Å². The van der Waals surface area contributed by atoms with Crippen LogP contribution in [0, 0.1) is 0 Å². The predicted octanol–water partition coefficient (Wildman–Crippen LogP) is 1.92. The molecule has 0 spiro atoms. The van der Waals surface area contributed by atoms with Crippen molar-refractivity contribution < 1.29 is 9.21 Å². The highest BCUT2D eigenvalue weighted by molar-refractivity contribution is 5.80. The molecule has 0 atom stereocenters. The highest BCUT2D eigenvalue weighted by Gasteiger charge is 2.20. The molecule has 2 heterocycles. The summed E-state index contributed by atoms with van der Waals surface area (Å²) >= 11 is 0. The number of carbonyl (C=O) groups excluding carboxylic acids is 1. The summed E-state index contributed by atoms with van der Waals surface area (Å²) in [6.07, 6.45) is 3.64. The maximum Gasteiger partial charge on any atom is 0.231 e. The van der Waals surface area contributed by atoms with Gasteiger partial charge in [-0.1, -0.05) is 24.3 Å². The lowest BCUT2D eigenvalue weighted by atomic mass is 10.1. The van der Waals surface area contributed by atoms with Gasteiger partial charge in [-0.2, -0.15) is 0 Å². The highest BCUT2D eigenvalue weighted by atomic mass is 16.3. The Bertz CT molecular complexity index is 859. The SMILES string of the molecule is CCNC(=NCc1ccccc1CN(C)Cc1ccco1)NC1CCN(CC(N)=O)CC1. The zero-order chi connectivity index (χ0) is 22.8. The van der Waals surface area contributed by atoms with Crippen molar-refractivity contribution in [2.75, 3.05) is 33.2 Å². The number of amides is 1. The number of primary amides is 1. The van der Waals surface area contributed by atoms with E-state index in [1.165, 1.54) is 11.1 Å². The lowest BCUT2D eigenvalue weighted by Crippen LogP contribution is -2.49. The van der Waals surface area contributed by atoms with Gasteiger partial charge < -0.3 is 20.8 Å². The van der Waals surface area contributed by atoms with Gasteiger partial charge in [0.15, 0.2) is 5.96 Å². The van der Waals surface area contributed by atoms with Crippen molar-refractivity contribution in [1.29, 1.82) is 0 Å². The molecule has 1 aliphatic rings. The van der Waals surface area contributed by atoms with E-state index in [0.717, 1.165) is 57.3 Å². The Morgan fingerprint density at radius 1 is 1.19 bits per heavy atom. The van der Waals surface area contributed by atoms with E-state index in [1.54, 1.807) is 6.26 Å². The predicted molar refractivity (Wildman–Crippen MR) is 127 cm³/mol. The van der Waals surface area contributed by atoms with Crippen LogP contribution in [0.25, 0.3) is 0 Å². The van der Waals surface area contributed by atoms with Crippen LogP contribution >= 0.6 is 0 Å². The molecule has 32 heavy (non-hydrogen) atoms. The van der Waals surface area contributed by atoms with Gasteiger partial charge in [-0.05, 0) is 50.1 Å². The second-order valence-corrected chi connectivity index (χ2v) is 8.38. The second kappa shape index (κ2) is 12.3. The van der Waals surface area contributed by atoms with Gasteiger partial charge in [0.05, 0.1) is 25.9 Å². The number of aliphatic imine (C=N–C) groups is 1. The third kappa shape index (κ3) is 7.69. The molecule has 8 nitrogen and oxygen atoms in total. The van der Waals surface area contributed by atoms with Crippen molar-refractivity contribution in [3.05, 3.63) is 59.5 Å². The number of hydrogen-bond acceptors (Lipinski definition) is 5. The molecule has 0 saturated carbocycles. The number of hydrogen-bond donors (Lipinski definition) is 3. The fourth-order valence-electron chi connectivity index (χ4n) is 4.01. The number of piperidine rings is 1. The molecular weight excluding hydrogens is 404 g/mol. The monoisotopic (exact) mass is 440 g/mol. The van der Waals surface area contributed by atoms with E-state index < -0.39 is 0 Å². The number of guanidine groups is 1. The van der Waals surface area contributed by atoms with Crippen molar-refractivity contribution in [2.24, 2.45) is 10.7 Å². The molecule has 0 unspecified atom stereocenters. The molecule has 0 bridgehead atoms. The van der Waals surface area contributed by atoms with Crippen LogP contribution in [-0.2, 0) is 24.4 Å². The summed E-state index contributed by atoms with van der Waals surface area (Å²) in [5.74, 6) is 1.53. The number of furan rings is 1. The number of benzene rings is 1. The van der Waals surface area contributed by atoms with E-state index in [0.29, 0.717) is 19.1 Å². The van der Waals surface area contributed by atoms with Crippen LogP contribution in [0.1, 0.15) is 36.7 Å². The normalized spacial score (nSPS) is 15.8. The quantitative estimate of drug-likeness (QED) is 0.386. The molecule has 0 radical (unpaired) electrons. The molecule has 4 N–H and O–H groups in total. The van der Waals surface area contributed by atoms with Gasteiger partial charge in [0.2, 0.25) is 5.91 Å². The minimum Gasteiger partial charge on any atom is -0.468 e. The minimum absolute atomic E-state index is 0.264. The molecule has 8 heteroatoms. The summed E-state index contributed by atoms with van der Waals surface area (Å²) in [6.45, 7) is 7.16. The maximum absolute atomic E-state index is 11.1. The summed E-state index contributed by atoms with van der Waals surface area (Å²) in [4.78, 5) is 20.3. The first-order valence-electron chi connectivity index (χ1n) is 11.4. The Labute approximate surface area is 190 Å². The Morgan fingerprint density at radius 2 is 1.94 bits per heavy atom. The van der Waals surface area contributed by atoms with Crippen LogP contribution in [-0.4, -0.2) is 60.9 Å². The van der Waals surface area contributed by atoms with Crippen LogP contribution in [0.5, 0.6) is 0 Å². The summed E-state index contributed by atoms with van der Waals surface area (Å²) in [6, 6.07) is 12.7. The maximum atomic E-state index is 11.1. The highest BCUT2D eigenvalue weighted by Crippen LogP contribution is 2.15. The average molecular weight is 441 g/mol. The van der Waals surface area contributed by atoms with Crippen molar-refractivity contribution in [3.63, 3.8) is 0 Å². The zero-order valence-corrected chi connectivity index (χ0v) is 19.2. The Balaban J connectivity index is 1.57. The van der Waals surface area contributed by atoms with E-state index in [9.17, 15) is 4.79 Å². The largest absolute Gasteiger partial charge is 0.468 e. The van der Waals surface area contributed by atoms with Crippen LogP contribution in [0.3, 0.4) is 0 Å². The van der Waals surface area contributed by atoms with Gasteiger partial charge in [-0.3, -0.25) is 14.6 Å². The van der Waals surface area contributed by atoms with E-state index in [1.807, 2.05) is 12.1 Å². The molecule has 2 aromatic rings. The number of nitrogens with two attached hydrogens (primary N) is 1. The van der Waals surface area contributed by atoms with Crippen LogP contribution in [0.2, 0.25) is 0 Å². The molecular formula is C24H36N6O2. The zero-order valence-electron chi connectivity index (χ0n) is 19.2. The van der Waals surface area contributed by atoms with E-state index in [4.69, 9.17) is 15.1 Å². The van der Waals surface area contributed by atoms with Crippen molar-refractivity contribution in [2.45, 2.75) is 45.4 Å². The van der Waals surface area contributed by atoms with Gasteiger partial charge in [0, 0.05) is 32.2 Å². The fraction of sp³-hybridized carbons (Fsp3) is 0.500. The Morgan fingerprint density at radius 3 is 2.59 bits per heavy atom. The van der Waals surface area contributed by atoms with Crippen molar-refractivity contribution in [3.8, 4) is 0 Å².